The normalized spacial score (nSPS) is 18.6. The van der Waals surface area contributed by atoms with Crippen LogP contribution in [0.2, 0.25) is 0 Å². The van der Waals surface area contributed by atoms with E-state index in [0.717, 1.165) is 5.56 Å². The average Bonchev–Trinajstić information content (AvgIpc) is 2.37. The molecule has 1 amide bonds. The number of aryl methyl sites for hydroxylation is 1. The van der Waals surface area contributed by atoms with Crippen molar-refractivity contribution < 1.29 is 28.2 Å². The number of phenols is 1. The van der Waals surface area contributed by atoms with Crippen molar-refractivity contribution in [3.63, 3.8) is 0 Å². The third-order valence-corrected chi connectivity index (χ3v) is 3.79. The van der Waals surface area contributed by atoms with Crippen molar-refractivity contribution in [1.29, 1.82) is 0 Å². The molecule has 0 unspecified atom stereocenters. The number of aromatic hydroxyl groups is 1. The summed E-state index contributed by atoms with van der Waals surface area (Å²) in [5.74, 6) is -0.728. The number of piperidine rings is 1. The molecule has 2 rings (SSSR count). The minimum absolute atomic E-state index is 0.0537. The number of amides is 1. The Morgan fingerprint density at radius 1 is 1.29 bits per heavy atom. The van der Waals surface area contributed by atoms with Crippen LogP contribution in [0.25, 0.3) is 0 Å². The molecule has 0 spiro atoms. The fourth-order valence-electron chi connectivity index (χ4n) is 2.36. The quantitative estimate of drug-likeness (QED) is 0.836. The Hall–Kier alpha value is -1.76. The van der Waals surface area contributed by atoms with Gasteiger partial charge in [0.05, 0.1) is 5.56 Å². The predicted octanol–water partition coefficient (Wildman–Crippen LogP) is 2.23. The largest absolute Gasteiger partial charge is 0.507 e. The Balaban J connectivity index is 2.10. The number of carbonyl (C=O) groups excluding carboxylic acids is 1. The molecular weight excluding hydrogens is 287 g/mol. The number of hydrogen-bond donors (Lipinski definition) is 2. The van der Waals surface area contributed by atoms with E-state index in [1.165, 1.54) is 17.0 Å². The minimum Gasteiger partial charge on any atom is -0.507 e. The Labute approximate surface area is 119 Å². The maximum atomic E-state index is 12.7. The van der Waals surface area contributed by atoms with Gasteiger partial charge in [0.2, 0.25) is 0 Å². The molecule has 0 atom stereocenters. The van der Waals surface area contributed by atoms with Crippen LogP contribution in [-0.4, -0.2) is 45.9 Å². The Morgan fingerprint density at radius 2 is 1.86 bits per heavy atom. The molecular formula is C14H16F3NO3. The van der Waals surface area contributed by atoms with Crippen LogP contribution >= 0.6 is 0 Å². The monoisotopic (exact) mass is 303 g/mol. The van der Waals surface area contributed by atoms with Crippen molar-refractivity contribution >= 4 is 5.91 Å². The van der Waals surface area contributed by atoms with E-state index in [1.807, 2.05) is 0 Å². The van der Waals surface area contributed by atoms with Gasteiger partial charge >= 0.3 is 6.18 Å². The number of aliphatic hydroxyl groups is 1. The van der Waals surface area contributed by atoms with Gasteiger partial charge in [0.1, 0.15) is 5.75 Å². The molecule has 1 aliphatic heterocycles. The zero-order chi connectivity index (χ0) is 15.8. The highest BCUT2D eigenvalue weighted by molar-refractivity contribution is 5.97. The number of phenolic OH excluding ortho intramolecular Hbond substituents is 1. The van der Waals surface area contributed by atoms with E-state index >= 15 is 0 Å². The first kappa shape index (κ1) is 15.6. The topological polar surface area (TPSA) is 60.8 Å². The summed E-state index contributed by atoms with van der Waals surface area (Å²) in [5, 5.41) is 19.3. The van der Waals surface area contributed by atoms with E-state index in [4.69, 9.17) is 0 Å². The zero-order valence-corrected chi connectivity index (χ0v) is 11.4. The fourth-order valence-corrected chi connectivity index (χ4v) is 2.36. The first-order chi connectivity index (χ1) is 9.64. The van der Waals surface area contributed by atoms with Gasteiger partial charge in [-0.3, -0.25) is 4.79 Å². The van der Waals surface area contributed by atoms with E-state index in [0.29, 0.717) is 0 Å². The SMILES string of the molecule is Cc1ccc(C(=O)N2CCC(O)(C(F)(F)F)CC2)c(O)c1. The highest BCUT2D eigenvalue weighted by Crippen LogP contribution is 2.38. The van der Waals surface area contributed by atoms with Crippen LogP contribution in [-0.2, 0) is 0 Å². The molecule has 1 heterocycles. The van der Waals surface area contributed by atoms with Crippen LogP contribution in [0, 0.1) is 6.92 Å². The lowest BCUT2D eigenvalue weighted by molar-refractivity contribution is -0.271. The van der Waals surface area contributed by atoms with Crippen LogP contribution < -0.4 is 0 Å². The molecule has 21 heavy (non-hydrogen) atoms. The molecule has 7 heteroatoms. The first-order valence-corrected chi connectivity index (χ1v) is 6.52. The molecule has 0 bridgehead atoms. The number of carbonyl (C=O) groups is 1. The minimum atomic E-state index is -4.70. The lowest BCUT2D eigenvalue weighted by Crippen LogP contribution is -2.54. The average molecular weight is 303 g/mol. The van der Waals surface area contributed by atoms with Crippen LogP contribution in [0.4, 0.5) is 13.2 Å². The summed E-state index contributed by atoms with van der Waals surface area (Å²) in [5.41, 5.74) is -1.91. The highest BCUT2D eigenvalue weighted by Gasteiger charge is 2.54. The molecule has 116 valence electrons. The molecule has 0 saturated carbocycles. The van der Waals surface area contributed by atoms with E-state index in [2.05, 4.69) is 0 Å². The third kappa shape index (κ3) is 2.97. The molecule has 1 aromatic carbocycles. The van der Waals surface area contributed by atoms with Crippen molar-refractivity contribution in [2.24, 2.45) is 0 Å². The van der Waals surface area contributed by atoms with Crippen LogP contribution in [0.1, 0.15) is 28.8 Å². The number of halogens is 3. The van der Waals surface area contributed by atoms with E-state index < -0.39 is 30.5 Å². The van der Waals surface area contributed by atoms with Gasteiger partial charge < -0.3 is 15.1 Å². The number of likely N-dealkylation sites (tertiary alicyclic amines) is 1. The summed E-state index contributed by atoms with van der Waals surface area (Å²) >= 11 is 0. The summed E-state index contributed by atoms with van der Waals surface area (Å²) in [7, 11) is 0. The van der Waals surface area contributed by atoms with Crippen molar-refractivity contribution in [2.45, 2.75) is 31.5 Å². The van der Waals surface area contributed by atoms with Gasteiger partial charge in [0, 0.05) is 25.9 Å². The number of hydrogen-bond acceptors (Lipinski definition) is 3. The lowest BCUT2D eigenvalue weighted by Gasteiger charge is -2.39. The Kier molecular flexibility index (Phi) is 3.88. The van der Waals surface area contributed by atoms with Crippen molar-refractivity contribution in [1.82, 2.24) is 4.90 Å². The van der Waals surface area contributed by atoms with Crippen LogP contribution in [0.3, 0.4) is 0 Å². The smallest absolute Gasteiger partial charge is 0.417 e. The molecule has 2 N–H and O–H groups in total. The maximum Gasteiger partial charge on any atom is 0.417 e. The van der Waals surface area contributed by atoms with Crippen molar-refractivity contribution in [2.75, 3.05) is 13.1 Å². The molecule has 1 saturated heterocycles. The molecule has 1 aromatic rings. The van der Waals surface area contributed by atoms with E-state index in [1.54, 1.807) is 13.0 Å². The molecule has 1 aliphatic rings. The van der Waals surface area contributed by atoms with Gasteiger partial charge in [-0.05, 0) is 24.6 Å². The van der Waals surface area contributed by atoms with Gasteiger partial charge in [-0.2, -0.15) is 13.2 Å². The molecule has 0 aliphatic carbocycles. The maximum absolute atomic E-state index is 12.7. The molecule has 4 nitrogen and oxygen atoms in total. The summed E-state index contributed by atoms with van der Waals surface area (Å²) < 4.78 is 38.1. The zero-order valence-electron chi connectivity index (χ0n) is 11.4. The van der Waals surface area contributed by atoms with Gasteiger partial charge in [0.25, 0.3) is 5.91 Å². The molecule has 1 fully saturated rings. The standard InChI is InChI=1S/C14H16F3NO3/c1-9-2-3-10(11(19)8-9)12(20)18-6-4-13(21,5-7-18)14(15,16)17/h2-3,8,19,21H,4-7H2,1H3. The number of rotatable bonds is 1. The second-order valence-corrected chi connectivity index (χ2v) is 5.34. The summed E-state index contributed by atoms with van der Waals surface area (Å²) in [4.78, 5) is 13.4. The van der Waals surface area contributed by atoms with Gasteiger partial charge in [0.15, 0.2) is 5.60 Å². The lowest BCUT2D eigenvalue weighted by atomic mass is 9.90. The van der Waals surface area contributed by atoms with Gasteiger partial charge in [-0.15, -0.1) is 0 Å². The Bertz CT molecular complexity index is 549. The summed E-state index contributed by atoms with van der Waals surface area (Å²) in [6.07, 6.45) is -5.82. The summed E-state index contributed by atoms with van der Waals surface area (Å²) in [6.45, 7) is 1.34. The Morgan fingerprint density at radius 3 is 2.33 bits per heavy atom. The van der Waals surface area contributed by atoms with E-state index in [-0.39, 0.29) is 24.4 Å². The van der Waals surface area contributed by atoms with Crippen LogP contribution in [0.15, 0.2) is 18.2 Å². The van der Waals surface area contributed by atoms with Gasteiger partial charge in [-0.25, -0.2) is 0 Å². The molecule has 0 radical (unpaired) electrons. The fraction of sp³-hybridized carbons (Fsp3) is 0.500. The number of nitrogens with zero attached hydrogens (tertiary/aromatic N) is 1. The van der Waals surface area contributed by atoms with Gasteiger partial charge in [-0.1, -0.05) is 6.07 Å². The predicted molar refractivity (Wildman–Crippen MR) is 69.0 cm³/mol. The number of alkyl halides is 3. The van der Waals surface area contributed by atoms with E-state index in [9.17, 15) is 28.2 Å². The van der Waals surface area contributed by atoms with Crippen LogP contribution in [0.5, 0.6) is 5.75 Å². The number of benzene rings is 1. The second-order valence-electron chi connectivity index (χ2n) is 5.34. The summed E-state index contributed by atoms with van der Waals surface area (Å²) in [6, 6.07) is 4.50. The van der Waals surface area contributed by atoms with Crippen molar-refractivity contribution in [3.8, 4) is 5.75 Å². The first-order valence-electron chi connectivity index (χ1n) is 6.52. The highest BCUT2D eigenvalue weighted by atomic mass is 19.4. The van der Waals surface area contributed by atoms with Crippen molar-refractivity contribution in [3.05, 3.63) is 29.3 Å². The third-order valence-electron chi connectivity index (χ3n) is 3.79. The second kappa shape index (κ2) is 5.22. The molecule has 0 aromatic heterocycles.